The van der Waals surface area contributed by atoms with E-state index in [0.717, 1.165) is 6.42 Å². The molecule has 0 aromatic heterocycles. The van der Waals surface area contributed by atoms with Crippen LogP contribution in [0.25, 0.3) is 5.57 Å². The fourth-order valence-electron chi connectivity index (χ4n) is 1.71. The fourth-order valence-corrected chi connectivity index (χ4v) is 3.04. The van der Waals surface area contributed by atoms with E-state index in [1.807, 2.05) is 6.08 Å². The monoisotopic (exact) mass is 230 g/mol. The van der Waals surface area contributed by atoms with E-state index in [2.05, 4.69) is 63.1 Å². The van der Waals surface area contributed by atoms with E-state index in [4.69, 9.17) is 0 Å². The molecule has 0 saturated carbocycles. The van der Waals surface area contributed by atoms with Crippen LogP contribution < -0.4 is 0 Å². The lowest BCUT2D eigenvalue weighted by Crippen LogP contribution is -2.16. The summed E-state index contributed by atoms with van der Waals surface area (Å²) in [4.78, 5) is 0. The molecule has 1 aromatic rings. The molecule has 1 rings (SSSR count). The van der Waals surface area contributed by atoms with Crippen LogP contribution in [0.5, 0.6) is 0 Å². The highest BCUT2D eigenvalue weighted by Crippen LogP contribution is 2.22. The zero-order chi connectivity index (χ0) is 12.2. The van der Waals surface area contributed by atoms with Crippen molar-refractivity contribution in [1.29, 1.82) is 0 Å². The van der Waals surface area contributed by atoms with E-state index in [1.54, 1.807) is 0 Å². The van der Waals surface area contributed by atoms with E-state index in [0.29, 0.717) is 0 Å². The van der Waals surface area contributed by atoms with Crippen LogP contribution in [0.2, 0.25) is 19.6 Å². The lowest BCUT2D eigenvalue weighted by Gasteiger charge is -2.14. The summed E-state index contributed by atoms with van der Waals surface area (Å²) in [6.07, 6.45) is 2.96. The summed E-state index contributed by atoms with van der Waals surface area (Å²) in [5, 5.41) is 0. The average Bonchev–Trinajstić information content (AvgIpc) is 2.16. The molecule has 1 heteroatoms. The third kappa shape index (κ3) is 4.19. The van der Waals surface area contributed by atoms with E-state index in [1.165, 1.54) is 16.7 Å². The Bertz CT molecular complexity index is 377. The van der Waals surface area contributed by atoms with Crippen LogP contribution in [0.3, 0.4) is 0 Å². The van der Waals surface area contributed by atoms with Crippen LogP contribution in [-0.2, 0) is 0 Å². The lowest BCUT2D eigenvalue weighted by atomic mass is 10.0. The highest BCUT2D eigenvalue weighted by molar-refractivity contribution is 6.81. The molecule has 16 heavy (non-hydrogen) atoms. The Labute approximate surface area is 101 Å². The van der Waals surface area contributed by atoms with Gasteiger partial charge in [0.25, 0.3) is 0 Å². The van der Waals surface area contributed by atoms with Gasteiger partial charge >= 0.3 is 0 Å². The minimum Gasteiger partial charge on any atom is -0.103 e. The second-order valence-corrected chi connectivity index (χ2v) is 10.4. The third-order valence-electron chi connectivity index (χ3n) is 2.39. The van der Waals surface area contributed by atoms with Gasteiger partial charge in [-0.05, 0) is 24.5 Å². The highest BCUT2D eigenvalue weighted by atomic mass is 28.3. The Morgan fingerprint density at radius 1 is 1.19 bits per heavy atom. The van der Waals surface area contributed by atoms with Crippen molar-refractivity contribution < 1.29 is 0 Å². The number of hydrogen-bond donors (Lipinski definition) is 0. The Balaban J connectivity index is 3.07. The SMILES string of the molecule is C=CC/C(=C/[Si](C)(C)C)c1ccc(C)cc1. The average molecular weight is 230 g/mol. The molecule has 1 aromatic carbocycles. The van der Waals surface area contributed by atoms with Crippen LogP contribution in [0.1, 0.15) is 17.5 Å². The summed E-state index contributed by atoms with van der Waals surface area (Å²) in [5.41, 5.74) is 6.55. The first-order chi connectivity index (χ1) is 7.42. The van der Waals surface area contributed by atoms with Crippen molar-refractivity contribution in [3.05, 3.63) is 53.7 Å². The molecule has 0 saturated heterocycles. The van der Waals surface area contributed by atoms with Gasteiger partial charge in [0.05, 0.1) is 8.07 Å². The molecule has 0 nitrogen and oxygen atoms in total. The summed E-state index contributed by atoms with van der Waals surface area (Å²) in [5.74, 6) is 0. The minimum absolute atomic E-state index is 0.966. The van der Waals surface area contributed by atoms with Crippen LogP contribution in [-0.4, -0.2) is 8.07 Å². The molecule has 86 valence electrons. The predicted molar refractivity (Wildman–Crippen MR) is 77.3 cm³/mol. The zero-order valence-corrected chi connectivity index (χ0v) is 11.9. The number of allylic oxidation sites excluding steroid dienone is 2. The summed E-state index contributed by atoms with van der Waals surface area (Å²) in [7, 11) is -1.16. The van der Waals surface area contributed by atoms with Gasteiger partial charge in [-0.2, -0.15) is 0 Å². The van der Waals surface area contributed by atoms with Crippen molar-refractivity contribution in [2.45, 2.75) is 33.0 Å². The standard InChI is InChI=1S/C15H22Si/c1-6-7-15(12-16(3,4)5)14-10-8-13(2)9-11-14/h6,8-12H,1,7H2,2-5H3/b15-12-. The van der Waals surface area contributed by atoms with E-state index in [-0.39, 0.29) is 0 Å². The van der Waals surface area contributed by atoms with Crippen molar-refractivity contribution >= 4 is 13.6 Å². The Morgan fingerprint density at radius 3 is 2.19 bits per heavy atom. The quantitative estimate of drug-likeness (QED) is 0.513. The molecule has 0 aliphatic heterocycles. The van der Waals surface area contributed by atoms with Crippen molar-refractivity contribution in [1.82, 2.24) is 0 Å². The highest BCUT2D eigenvalue weighted by Gasteiger charge is 2.11. The molecule has 0 spiro atoms. The second-order valence-electron chi connectivity index (χ2n) is 5.39. The molecule has 0 unspecified atom stereocenters. The van der Waals surface area contributed by atoms with Crippen molar-refractivity contribution in [3.63, 3.8) is 0 Å². The first-order valence-corrected chi connectivity index (χ1v) is 9.40. The molecule has 0 N–H and O–H groups in total. The van der Waals surface area contributed by atoms with Crippen LogP contribution >= 0.6 is 0 Å². The molecule has 0 heterocycles. The number of rotatable bonds is 4. The Hall–Kier alpha value is -1.08. The van der Waals surface area contributed by atoms with E-state index < -0.39 is 8.07 Å². The fraction of sp³-hybridized carbons (Fsp3) is 0.333. The van der Waals surface area contributed by atoms with Crippen LogP contribution in [0, 0.1) is 6.92 Å². The summed E-state index contributed by atoms with van der Waals surface area (Å²) < 4.78 is 0. The molecule has 0 fully saturated rings. The number of benzene rings is 1. The van der Waals surface area contributed by atoms with E-state index in [9.17, 15) is 0 Å². The van der Waals surface area contributed by atoms with Crippen molar-refractivity contribution in [2.24, 2.45) is 0 Å². The van der Waals surface area contributed by atoms with Gasteiger partial charge in [0, 0.05) is 0 Å². The van der Waals surface area contributed by atoms with Crippen molar-refractivity contribution in [2.75, 3.05) is 0 Å². The summed E-state index contributed by atoms with van der Waals surface area (Å²) >= 11 is 0. The molecular weight excluding hydrogens is 208 g/mol. The van der Waals surface area contributed by atoms with Crippen LogP contribution in [0.4, 0.5) is 0 Å². The molecule has 0 atom stereocenters. The molecule has 0 aliphatic carbocycles. The second kappa shape index (κ2) is 5.31. The third-order valence-corrected chi connectivity index (χ3v) is 3.61. The molecule has 0 amide bonds. The van der Waals surface area contributed by atoms with Gasteiger partial charge in [0.1, 0.15) is 0 Å². The Morgan fingerprint density at radius 2 is 1.75 bits per heavy atom. The molecule has 0 radical (unpaired) electrons. The lowest BCUT2D eigenvalue weighted by molar-refractivity contribution is 1.38. The van der Waals surface area contributed by atoms with Gasteiger partial charge in [-0.1, -0.05) is 61.2 Å². The number of hydrogen-bond acceptors (Lipinski definition) is 0. The maximum Gasteiger partial charge on any atom is 0.0691 e. The molecular formula is C15H22Si. The first kappa shape index (κ1) is 13.0. The molecule has 0 bridgehead atoms. The maximum absolute atomic E-state index is 3.85. The van der Waals surface area contributed by atoms with Gasteiger partial charge < -0.3 is 0 Å². The predicted octanol–water partition coefficient (Wildman–Crippen LogP) is 4.83. The largest absolute Gasteiger partial charge is 0.103 e. The summed E-state index contributed by atoms with van der Waals surface area (Å²) in [6.45, 7) is 13.1. The van der Waals surface area contributed by atoms with Crippen molar-refractivity contribution in [3.8, 4) is 0 Å². The van der Waals surface area contributed by atoms with Gasteiger partial charge in [0.2, 0.25) is 0 Å². The molecule has 0 aliphatic rings. The maximum atomic E-state index is 3.85. The van der Waals surface area contributed by atoms with E-state index >= 15 is 0 Å². The smallest absolute Gasteiger partial charge is 0.0691 e. The topological polar surface area (TPSA) is 0 Å². The minimum atomic E-state index is -1.16. The van der Waals surface area contributed by atoms with Gasteiger partial charge in [-0.15, -0.1) is 6.58 Å². The van der Waals surface area contributed by atoms with Gasteiger partial charge in [-0.3, -0.25) is 0 Å². The van der Waals surface area contributed by atoms with Gasteiger partial charge in [0.15, 0.2) is 0 Å². The number of aryl methyl sites for hydroxylation is 1. The Kier molecular flexibility index (Phi) is 4.31. The normalized spacial score (nSPS) is 12.6. The van der Waals surface area contributed by atoms with Crippen LogP contribution in [0.15, 0.2) is 42.6 Å². The first-order valence-electron chi connectivity index (χ1n) is 5.82. The van der Waals surface area contributed by atoms with Gasteiger partial charge in [-0.25, -0.2) is 0 Å². The zero-order valence-electron chi connectivity index (χ0n) is 10.9. The summed E-state index contributed by atoms with van der Waals surface area (Å²) in [6, 6.07) is 8.78.